The summed E-state index contributed by atoms with van der Waals surface area (Å²) in [5.41, 5.74) is 3.08. The molecule has 0 radical (unpaired) electrons. The van der Waals surface area contributed by atoms with Crippen LogP contribution in [0.1, 0.15) is 43.9 Å². The molecule has 1 aromatic heterocycles. The molecule has 1 amide bonds. The molecule has 1 atom stereocenters. The number of H-pyrrole nitrogens is 2. The molecule has 0 aliphatic carbocycles. The van der Waals surface area contributed by atoms with E-state index in [2.05, 4.69) is 15.3 Å². The van der Waals surface area contributed by atoms with Gasteiger partial charge in [-0.3, -0.25) is 4.79 Å². The highest BCUT2D eigenvalue weighted by Gasteiger charge is 2.11. The van der Waals surface area contributed by atoms with Gasteiger partial charge in [0.05, 0.1) is 23.2 Å². The molecule has 7 heteroatoms. The number of imidazole rings is 1. The quantitative estimate of drug-likeness (QED) is 0.445. The van der Waals surface area contributed by atoms with Gasteiger partial charge in [0.25, 0.3) is 0 Å². The van der Waals surface area contributed by atoms with Crippen LogP contribution in [0.4, 0.5) is 0 Å². The Labute approximate surface area is 169 Å². The summed E-state index contributed by atoms with van der Waals surface area (Å²) >= 11 is 0. The number of fused-ring (bicyclic) bond motifs is 1. The summed E-state index contributed by atoms with van der Waals surface area (Å²) < 4.78 is 5.63. The third kappa shape index (κ3) is 5.96. The van der Waals surface area contributed by atoms with E-state index in [0.29, 0.717) is 24.2 Å². The van der Waals surface area contributed by atoms with Gasteiger partial charge in [0.2, 0.25) is 5.91 Å². The molecule has 0 aliphatic heterocycles. The van der Waals surface area contributed by atoms with Crippen LogP contribution >= 0.6 is 0 Å². The lowest BCUT2D eigenvalue weighted by Crippen LogP contribution is -2.28. The second-order valence-electron chi connectivity index (χ2n) is 7.37. The minimum absolute atomic E-state index is 0.0558. The highest BCUT2D eigenvalue weighted by Crippen LogP contribution is 2.20. The van der Waals surface area contributed by atoms with E-state index in [-0.39, 0.29) is 24.2 Å². The minimum atomic E-state index is -0.789. The van der Waals surface area contributed by atoms with Crippen molar-refractivity contribution < 1.29 is 14.6 Å². The molecule has 0 fully saturated rings. The van der Waals surface area contributed by atoms with Crippen molar-refractivity contribution in [1.29, 1.82) is 0 Å². The van der Waals surface area contributed by atoms with E-state index >= 15 is 0 Å². The fourth-order valence-electron chi connectivity index (χ4n) is 3.17. The lowest BCUT2D eigenvalue weighted by molar-refractivity contribution is -0.121. The van der Waals surface area contributed by atoms with E-state index in [1.54, 1.807) is 6.07 Å². The molecule has 1 heterocycles. The number of hydrogen-bond donors (Lipinski definition) is 4. The van der Waals surface area contributed by atoms with Crippen LogP contribution in [0.3, 0.4) is 0 Å². The maximum absolute atomic E-state index is 12.1. The number of aliphatic hydroxyl groups is 1. The number of hydrogen-bond acceptors (Lipinski definition) is 4. The summed E-state index contributed by atoms with van der Waals surface area (Å²) in [6, 6.07) is 13.0. The van der Waals surface area contributed by atoms with Crippen molar-refractivity contribution in [2.45, 2.75) is 45.3 Å². The van der Waals surface area contributed by atoms with E-state index in [4.69, 9.17) is 4.74 Å². The van der Waals surface area contributed by atoms with Gasteiger partial charge in [-0.15, -0.1) is 0 Å². The largest absolute Gasteiger partial charge is 0.491 e. The van der Waals surface area contributed by atoms with E-state index in [1.165, 1.54) is 0 Å². The van der Waals surface area contributed by atoms with Crippen LogP contribution in [0, 0.1) is 0 Å². The topological polar surface area (TPSA) is 107 Å². The molecule has 3 aromatic rings. The van der Waals surface area contributed by atoms with Crippen LogP contribution in [0.15, 0.2) is 47.3 Å². The van der Waals surface area contributed by atoms with Gasteiger partial charge in [-0.25, -0.2) is 4.79 Å². The number of rotatable bonds is 9. The number of benzene rings is 2. The summed E-state index contributed by atoms with van der Waals surface area (Å²) in [4.78, 5) is 28.8. The Morgan fingerprint density at radius 2 is 1.93 bits per heavy atom. The van der Waals surface area contributed by atoms with Crippen molar-refractivity contribution in [3.63, 3.8) is 0 Å². The first-order chi connectivity index (χ1) is 13.9. The van der Waals surface area contributed by atoms with Crippen LogP contribution < -0.4 is 15.7 Å². The van der Waals surface area contributed by atoms with E-state index in [9.17, 15) is 14.7 Å². The molecule has 1 unspecified atom stereocenters. The number of ether oxygens (including phenoxy) is 1. The zero-order valence-corrected chi connectivity index (χ0v) is 16.7. The summed E-state index contributed by atoms with van der Waals surface area (Å²) in [7, 11) is 0. The molecule has 154 valence electrons. The van der Waals surface area contributed by atoms with Crippen LogP contribution in [0.5, 0.6) is 5.75 Å². The van der Waals surface area contributed by atoms with Crippen LogP contribution in [0.25, 0.3) is 11.0 Å². The Bertz CT molecular complexity index is 1020. The Kier molecular flexibility index (Phi) is 6.72. The van der Waals surface area contributed by atoms with Crippen molar-refractivity contribution in [2.75, 3.05) is 6.54 Å². The third-order valence-electron chi connectivity index (χ3n) is 4.56. The van der Waals surface area contributed by atoms with Crippen LogP contribution in [-0.4, -0.2) is 33.6 Å². The Morgan fingerprint density at radius 3 is 2.72 bits per heavy atom. The molecule has 0 saturated heterocycles. The second kappa shape index (κ2) is 9.43. The van der Waals surface area contributed by atoms with Gasteiger partial charge in [-0.2, -0.15) is 0 Å². The highest BCUT2D eigenvalue weighted by molar-refractivity contribution is 5.76. The summed E-state index contributed by atoms with van der Waals surface area (Å²) in [5, 5.41) is 13.1. The maximum atomic E-state index is 12.1. The van der Waals surface area contributed by atoms with E-state index in [1.807, 2.05) is 50.2 Å². The molecule has 0 saturated carbocycles. The lowest BCUT2D eigenvalue weighted by Gasteiger charge is -2.15. The zero-order valence-electron chi connectivity index (χ0n) is 16.7. The minimum Gasteiger partial charge on any atom is -0.491 e. The fourth-order valence-corrected chi connectivity index (χ4v) is 3.17. The molecule has 3 rings (SSSR count). The predicted molar refractivity (Wildman–Crippen MR) is 112 cm³/mol. The normalized spacial score (nSPS) is 12.3. The molecule has 0 spiro atoms. The summed E-state index contributed by atoms with van der Waals surface area (Å²) in [5.74, 6) is 0.596. The number of nitrogens with one attached hydrogen (secondary N) is 3. The first kappa shape index (κ1) is 20.7. The van der Waals surface area contributed by atoms with Crippen molar-refractivity contribution in [3.8, 4) is 5.75 Å². The Morgan fingerprint density at radius 1 is 1.14 bits per heavy atom. The molecule has 4 N–H and O–H groups in total. The molecule has 7 nitrogen and oxygen atoms in total. The molecular weight excluding hydrogens is 370 g/mol. The van der Waals surface area contributed by atoms with Gasteiger partial charge in [-0.05, 0) is 62.1 Å². The maximum Gasteiger partial charge on any atom is 0.323 e. The first-order valence-electron chi connectivity index (χ1n) is 9.83. The van der Waals surface area contributed by atoms with Gasteiger partial charge in [0, 0.05) is 13.0 Å². The average Bonchev–Trinajstić information content (AvgIpc) is 3.05. The second-order valence-corrected chi connectivity index (χ2v) is 7.37. The third-order valence-corrected chi connectivity index (χ3v) is 4.56. The van der Waals surface area contributed by atoms with Gasteiger partial charge >= 0.3 is 5.69 Å². The zero-order chi connectivity index (χ0) is 20.8. The SMILES string of the molecule is CC(C)Oc1cccc(C(O)CNC(=O)CCCc2ccc3[nH]c(=O)[nH]c3c2)c1. The first-order valence-corrected chi connectivity index (χ1v) is 9.83. The summed E-state index contributed by atoms with van der Waals surface area (Å²) in [6.45, 7) is 4.04. The monoisotopic (exact) mass is 397 g/mol. The molecule has 29 heavy (non-hydrogen) atoms. The molecular formula is C22H27N3O4. The van der Waals surface area contributed by atoms with Gasteiger partial charge in [0.1, 0.15) is 5.75 Å². The molecule has 0 bridgehead atoms. The number of carbonyl (C=O) groups excluding carboxylic acids is 1. The van der Waals surface area contributed by atoms with Crippen LogP contribution in [0.2, 0.25) is 0 Å². The molecule has 2 aromatic carbocycles. The van der Waals surface area contributed by atoms with Crippen molar-refractivity contribution in [1.82, 2.24) is 15.3 Å². The predicted octanol–water partition coefficient (Wildman–Crippen LogP) is 2.82. The van der Waals surface area contributed by atoms with Crippen LogP contribution in [-0.2, 0) is 11.2 Å². The lowest BCUT2D eigenvalue weighted by atomic mass is 10.1. The Balaban J connectivity index is 1.43. The molecule has 0 aliphatic rings. The van der Waals surface area contributed by atoms with Gasteiger partial charge in [0.15, 0.2) is 0 Å². The number of carbonyl (C=O) groups is 1. The van der Waals surface area contributed by atoms with Gasteiger partial charge < -0.3 is 25.1 Å². The fraction of sp³-hybridized carbons (Fsp3) is 0.364. The number of amides is 1. The van der Waals surface area contributed by atoms with Crippen molar-refractivity contribution >= 4 is 16.9 Å². The van der Waals surface area contributed by atoms with Gasteiger partial charge in [-0.1, -0.05) is 18.2 Å². The number of aromatic amines is 2. The highest BCUT2D eigenvalue weighted by atomic mass is 16.5. The number of aromatic nitrogens is 2. The van der Waals surface area contributed by atoms with E-state index in [0.717, 1.165) is 23.0 Å². The standard InChI is InChI=1S/C22H27N3O4/c1-14(2)29-17-7-4-6-16(12-17)20(26)13-23-21(27)8-3-5-15-9-10-18-19(11-15)25-22(28)24-18/h4,6-7,9-12,14,20,26H,3,5,8,13H2,1-2H3,(H,23,27)(H2,24,25,28). The number of aryl methyl sites for hydroxylation is 1. The average molecular weight is 397 g/mol. The van der Waals surface area contributed by atoms with Crippen molar-refractivity contribution in [3.05, 3.63) is 64.1 Å². The smallest absolute Gasteiger partial charge is 0.323 e. The number of aliphatic hydroxyl groups excluding tert-OH is 1. The summed E-state index contributed by atoms with van der Waals surface area (Å²) in [6.07, 6.45) is 1.04. The van der Waals surface area contributed by atoms with Crippen molar-refractivity contribution in [2.24, 2.45) is 0 Å². The van der Waals surface area contributed by atoms with E-state index < -0.39 is 6.10 Å². The Hall–Kier alpha value is -3.06.